The van der Waals surface area contributed by atoms with Crippen LogP contribution in [0, 0.1) is 0 Å². The summed E-state index contributed by atoms with van der Waals surface area (Å²) in [6, 6.07) is 9.79. The summed E-state index contributed by atoms with van der Waals surface area (Å²) in [5, 5.41) is 9.30. The van der Waals surface area contributed by atoms with Gasteiger partial charge in [-0.3, -0.25) is 0 Å². The van der Waals surface area contributed by atoms with E-state index >= 15 is 0 Å². The number of benzene rings is 2. The normalized spacial score (nSPS) is 10.2. The fourth-order valence-corrected chi connectivity index (χ4v) is 2.29. The number of methoxy groups -OCH3 is 1. The monoisotopic (exact) mass is 356 g/mol. The lowest BCUT2D eigenvalue weighted by molar-refractivity contribution is 0.0694. The van der Waals surface area contributed by atoms with Gasteiger partial charge in [-0.1, -0.05) is 17.7 Å². The maximum Gasteiger partial charge on any atom is 0.341 e. The minimum Gasteiger partial charge on any atom is -0.497 e. The lowest BCUT2D eigenvalue weighted by Gasteiger charge is -2.12. The van der Waals surface area contributed by atoms with Gasteiger partial charge in [0.15, 0.2) is 0 Å². The number of halogens is 2. The molecule has 0 saturated carbocycles. The summed E-state index contributed by atoms with van der Waals surface area (Å²) in [6.07, 6.45) is 0. The van der Waals surface area contributed by atoms with E-state index in [0.29, 0.717) is 16.0 Å². The molecule has 0 aliphatic rings. The summed E-state index contributed by atoms with van der Waals surface area (Å²) in [5.41, 5.74) is -0.0723. The highest BCUT2D eigenvalue weighted by molar-refractivity contribution is 9.10. The zero-order valence-corrected chi connectivity index (χ0v) is 12.7. The second-order valence-electron chi connectivity index (χ2n) is 3.82. The smallest absolute Gasteiger partial charge is 0.341 e. The van der Waals surface area contributed by atoms with Crippen molar-refractivity contribution in [2.24, 2.45) is 0 Å². The Morgan fingerprint density at radius 3 is 2.60 bits per heavy atom. The van der Waals surface area contributed by atoms with Crippen molar-refractivity contribution in [2.45, 2.75) is 0 Å². The maximum atomic E-state index is 11.2. The Bertz CT molecular complexity index is 658. The van der Waals surface area contributed by atoms with E-state index in [1.165, 1.54) is 6.07 Å². The molecule has 0 unspecified atom stereocenters. The second kappa shape index (κ2) is 6.15. The average molecular weight is 358 g/mol. The molecule has 0 fully saturated rings. The van der Waals surface area contributed by atoms with E-state index in [0.717, 1.165) is 0 Å². The van der Waals surface area contributed by atoms with E-state index in [1.54, 1.807) is 37.4 Å². The molecule has 0 aromatic heterocycles. The molecule has 20 heavy (non-hydrogen) atoms. The minimum absolute atomic E-state index is 0.0723. The second-order valence-corrected chi connectivity index (χ2v) is 5.08. The van der Waals surface area contributed by atoms with Crippen LogP contribution in [-0.2, 0) is 0 Å². The van der Waals surface area contributed by atoms with Gasteiger partial charge in [-0.2, -0.15) is 0 Å². The maximum absolute atomic E-state index is 11.2. The third kappa shape index (κ3) is 3.05. The third-order valence-electron chi connectivity index (χ3n) is 2.55. The van der Waals surface area contributed by atoms with Crippen LogP contribution in [-0.4, -0.2) is 18.2 Å². The van der Waals surface area contributed by atoms with E-state index in [1.807, 2.05) is 0 Å². The van der Waals surface area contributed by atoms with Gasteiger partial charge in [0.1, 0.15) is 22.8 Å². The van der Waals surface area contributed by atoms with Gasteiger partial charge in [-0.15, -0.1) is 0 Å². The Morgan fingerprint density at radius 2 is 2.00 bits per heavy atom. The van der Waals surface area contributed by atoms with Gasteiger partial charge in [0, 0.05) is 0 Å². The number of carboxylic acid groups (broad SMARTS) is 1. The quantitative estimate of drug-likeness (QED) is 0.868. The van der Waals surface area contributed by atoms with Crippen LogP contribution in [0.3, 0.4) is 0 Å². The summed E-state index contributed by atoms with van der Waals surface area (Å²) in [6.45, 7) is 0. The summed E-state index contributed by atoms with van der Waals surface area (Å²) in [5.74, 6) is 0.162. The molecule has 6 heteroatoms. The largest absolute Gasteiger partial charge is 0.497 e. The zero-order valence-electron chi connectivity index (χ0n) is 10.4. The highest BCUT2D eigenvalue weighted by atomic mass is 79.9. The lowest BCUT2D eigenvalue weighted by Crippen LogP contribution is -2.01. The molecule has 4 nitrogen and oxygen atoms in total. The summed E-state index contributed by atoms with van der Waals surface area (Å²) in [7, 11) is 1.56. The Balaban J connectivity index is 2.40. The Morgan fingerprint density at radius 1 is 1.25 bits per heavy atom. The Kier molecular flexibility index (Phi) is 4.52. The number of rotatable bonds is 4. The first kappa shape index (κ1) is 14.7. The molecule has 0 radical (unpaired) electrons. The van der Waals surface area contributed by atoms with Gasteiger partial charge < -0.3 is 14.6 Å². The number of hydrogen-bond donors (Lipinski definition) is 1. The molecule has 1 N–H and O–H groups in total. The van der Waals surface area contributed by atoms with Crippen molar-refractivity contribution < 1.29 is 19.4 Å². The van der Waals surface area contributed by atoms with Crippen molar-refractivity contribution >= 4 is 33.5 Å². The van der Waals surface area contributed by atoms with Gasteiger partial charge in [0.05, 0.1) is 16.6 Å². The van der Waals surface area contributed by atoms with Crippen LogP contribution in [0.25, 0.3) is 0 Å². The van der Waals surface area contributed by atoms with Crippen LogP contribution in [0.2, 0.25) is 5.02 Å². The molecular formula is C14H10BrClO4. The first-order chi connectivity index (χ1) is 9.52. The molecule has 2 rings (SSSR count). The lowest BCUT2D eigenvalue weighted by atomic mass is 10.2. The minimum atomic E-state index is -1.14. The molecule has 0 amide bonds. The molecule has 104 valence electrons. The van der Waals surface area contributed by atoms with E-state index in [9.17, 15) is 9.90 Å². The first-order valence-corrected chi connectivity index (χ1v) is 6.73. The summed E-state index contributed by atoms with van der Waals surface area (Å²) >= 11 is 9.23. The van der Waals surface area contributed by atoms with Crippen molar-refractivity contribution in [1.29, 1.82) is 0 Å². The van der Waals surface area contributed by atoms with Crippen molar-refractivity contribution in [3.63, 3.8) is 0 Å². The van der Waals surface area contributed by atoms with Crippen LogP contribution >= 0.6 is 27.5 Å². The number of ether oxygens (including phenoxy) is 2. The van der Waals surface area contributed by atoms with Crippen LogP contribution in [0.5, 0.6) is 17.2 Å². The predicted octanol–water partition coefficient (Wildman–Crippen LogP) is 4.60. The fourth-order valence-electron chi connectivity index (χ4n) is 1.61. The molecule has 2 aromatic carbocycles. The van der Waals surface area contributed by atoms with Crippen molar-refractivity contribution in [3.8, 4) is 17.2 Å². The molecule has 0 saturated heterocycles. The molecule has 0 aliphatic carbocycles. The van der Waals surface area contributed by atoms with Gasteiger partial charge in [0.25, 0.3) is 0 Å². The van der Waals surface area contributed by atoms with E-state index in [-0.39, 0.29) is 16.3 Å². The van der Waals surface area contributed by atoms with Crippen LogP contribution in [0.1, 0.15) is 10.4 Å². The van der Waals surface area contributed by atoms with E-state index in [4.69, 9.17) is 21.1 Å². The Hall–Kier alpha value is -1.72. The fraction of sp³-hybridized carbons (Fsp3) is 0.0714. The van der Waals surface area contributed by atoms with Gasteiger partial charge in [-0.25, -0.2) is 4.79 Å². The van der Waals surface area contributed by atoms with E-state index in [2.05, 4.69) is 15.9 Å². The highest BCUT2D eigenvalue weighted by Crippen LogP contribution is 2.35. The molecule has 0 aliphatic heterocycles. The standard InChI is InChI=1S/C14H10BrClO4/c1-19-8-5-6-11(9(15)7-8)20-12-4-2-3-10(16)13(12)14(17)18/h2-7H,1H3,(H,17,18). The molecule has 2 aromatic rings. The average Bonchev–Trinajstić information content (AvgIpc) is 2.40. The number of carbonyl (C=O) groups is 1. The highest BCUT2D eigenvalue weighted by Gasteiger charge is 2.17. The molecular weight excluding hydrogens is 348 g/mol. The summed E-state index contributed by atoms with van der Waals surface area (Å²) in [4.78, 5) is 11.2. The number of hydrogen-bond acceptors (Lipinski definition) is 3. The molecule has 0 bridgehead atoms. The predicted molar refractivity (Wildman–Crippen MR) is 79.2 cm³/mol. The third-order valence-corrected chi connectivity index (χ3v) is 3.48. The zero-order chi connectivity index (χ0) is 14.7. The Labute approximate surface area is 129 Å². The van der Waals surface area contributed by atoms with Gasteiger partial charge >= 0.3 is 5.97 Å². The van der Waals surface area contributed by atoms with Crippen LogP contribution in [0.15, 0.2) is 40.9 Å². The summed E-state index contributed by atoms with van der Waals surface area (Å²) < 4.78 is 11.3. The SMILES string of the molecule is COc1ccc(Oc2cccc(Cl)c2C(=O)O)c(Br)c1. The molecule has 0 spiro atoms. The molecule has 0 atom stereocenters. The van der Waals surface area contributed by atoms with Crippen LogP contribution < -0.4 is 9.47 Å². The van der Waals surface area contributed by atoms with Crippen molar-refractivity contribution in [1.82, 2.24) is 0 Å². The van der Waals surface area contributed by atoms with Crippen LogP contribution in [0.4, 0.5) is 0 Å². The topological polar surface area (TPSA) is 55.8 Å². The van der Waals surface area contributed by atoms with E-state index < -0.39 is 5.97 Å². The first-order valence-electron chi connectivity index (χ1n) is 5.56. The van der Waals surface area contributed by atoms with Gasteiger partial charge in [-0.05, 0) is 46.3 Å². The van der Waals surface area contributed by atoms with Crippen molar-refractivity contribution in [2.75, 3.05) is 7.11 Å². The number of carboxylic acids is 1. The van der Waals surface area contributed by atoms with Crippen molar-refractivity contribution in [3.05, 3.63) is 51.5 Å². The van der Waals surface area contributed by atoms with Gasteiger partial charge in [0.2, 0.25) is 0 Å². The number of aromatic carboxylic acids is 1. The molecule has 0 heterocycles.